The van der Waals surface area contributed by atoms with E-state index in [-0.39, 0.29) is 5.75 Å². The van der Waals surface area contributed by atoms with Gasteiger partial charge >= 0.3 is 5.97 Å². The first-order chi connectivity index (χ1) is 9.11. The third kappa shape index (κ3) is 3.47. The fourth-order valence-electron chi connectivity index (χ4n) is 1.62. The summed E-state index contributed by atoms with van der Waals surface area (Å²) in [5.74, 6) is -0.0941. The monoisotopic (exact) mass is 389 g/mol. The van der Waals surface area contributed by atoms with Gasteiger partial charge in [-0.3, -0.25) is 4.79 Å². The maximum absolute atomic E-state index is 10.6. The van der Waals surface area contributed by atoms with E-state index in [4.69, 9.17) is 5.11 Å². The van der Waals surface area contributed by atoms with E-state index >= 15 is 0 Å². The quantitative estimate of drug-likeness (QED) is 0.629. The summed E-state index contributed by atoms with van der Waals surface area (Å²) in [5.41, 5.74) is 0.983. The Hall–Kier alpha value is -1.09. The van der Waals surface area contributed by atoms with Gasteiger partial charge in [-0.15, -0.1) is 10.2 Å². The number of aliphatic carboxylic acids is 1. The van der Waals surface area contributed by atoms with Crippen molar-refractivity contribution >= 4 is 40.3 Å². The van der Waals surface area contributed by atoms with Crippen molar-refractivity contribution in [3.63, 3.8) is 0 Å². The van der Waals surface area contributed by atoms with E-state index in [0.29, 0.717) is 11.7 Å². The summed E-state index contributed by atoms with van der Waals surface area (Å²) in [5, 5.41) is 17.6. The average Bonchev–Trinajstić information content (AvgIpc) is 2.80. The number of carboxylic acids is 1. The van der Waals surface area contributed by atoms with E-state index in [1.165, 1.54) is 11.8 Å². The van der Waals surface area contributed by atoms with Gasteiger partial charge in [0, 0.05) is 15.7 Å². The molecule has 0 spiro atoms. The molecule has 1 heterocycles. The van der Waals surface area contributed by atoms with Crippen LogP contribution in [0.15, 0.2) is 29.4 Å². The van der Waals surface area contributed by atoms with E-state index < -0.39 is 5.97 Å². The molecule has 0 unspecified atom stereocenters. The molecule has 0 fully saturated rings. The SMILES string of the molecule is CCn1c(SCC(=O)O)nnc1-c1ccc(I)cc1. The Morgan fingerprint density at radius 2 is 2.05 bits per heavy atom. The van der Waals surface area contributed by atoms with Gasteiger partial charge in [-0.1, -0.05) is 23.9 Å². The number of rotatable bonds is 5. The number of halogens is 1. The molecular weight excluding hydrogens is 377 g/mol. The van der Waals surface area contributed by atoms with Crippen LogP contribution in [-0.4, -0.2) is 31.6 Å². The Morgan fingerprint density at radius 3 is 2.63 bits per heavy atom. The highest BCUT2D eigenvalue weighted by Gasteiger charge is 2.13. The van der Waals surface area contributed by atoms with Crippen LogP contribution >= 0.6 is 34.4 Å². The largest absolute Gasteiger partial charge is 0.481 e. The third-order valence-corrected chi connectivity index (χ3v) is 4.13. The van der Waals surface area contributed by atoms with Crippen molar-refractivity contribution in [3.8, 4) is 11.4 Å². The average molecular weight is 389 g/mol. The van der Waals surface area contributed by atoms with Crippen LogP contribution in [0.1, 0.15) is 6.92 Å². The van der Waals surface area contributed by atoms with Gasteiger partial charge in [0.25, 0.3) is 0 Å². The van der Waals surface area contributed by atoms with Crippen molar-refractivity contribution in [1.29, 1.82) is 0 Å². The molecule has 0 atom stereocenters. The van der Waals surface area contributed by atoms with Crippen LogP contribution in [0.3, 0.4) is 0 Å². The van der Waals surface area contributed by atoms with Gasteiger partial charge in [-0.2, -0.15) is 0 Å². The minimum absolute atomic E-state index is 0.00911. The lowest BCUT2D eigenvalue weighted by molar-refractivity contribution is -0.133. The molecule has 0 amide bonds. The molecule has 2 aromatic rings. The summed E-state index contributed by atoms with van der Waals surface area (Å²) in [7, 11) is 0. The molecule has 0 aliphatic carbocycles. The molecule has 0 aliphatic rings. The van der Waals surface area contributed by atoms with Crippen LogP contribution in [0.4, 0.5) is 0 Å². The van der Waals surface area contributed by atoms with Crippen LogP contribution in [0.5, 0.6) is 0 Å². The number of benzene rings is 1. The van der Waals surface area contributed by atoms with Crippen molar-refractivity contribution in [3.05, 3.63) is 27.8 Å². The van der Waals surface area contributed by atoms with E-state index in [2.05, 4.69) is 32.8 Å². The zero-order chi connectivity index (χ0) is 13.8. The van der Waals surface area contributed by atoms with Crippen LogP contribution in [0.2, 0.25) is 0 Å². The lowest BCUT2D eigenvalue weighted by Gasteiger charge is -2.06. The van der Waals surface area contributed by atoms with Gasteiger partial charge in [0.2, 0.25) is 0 Å². The lowest BCUT2D eigenvalue weighted by atomic mass is 10.2. The molecule has 0 bridgehead atoms. The zero-order valence-corrected chi connectivity index (χ0v) is 13.2. The van der Waals surface area contributed by atoms with Crippen LogP contribution in [0, 0.1) is 3.57 Å². The van der Waals surface area contributed by atoms with Crippen molar-refractivity contribution in [2.75, 3.05) is 5.75 Å². The number of hydrogen-bond acceptors (Lipinski definition) is 4. The van der Waals surface area contributed by atoms with E-state index in [1.54, 1.807) is 0 Å². The van der Waals surface area contributed by atoms with E-state index in [9.17, 15) is 4.79 Å². The predicted octanol–water partition coefficient (Wildman–Crippen LogP) is 2.75. The Labute approximate surface area is 128 Å². The molecule has 1 aromatic heterocycles. The lowest BCUT2D eigenvalue weighted by Crippen LogP contribution is -2.03. The minimum Gasteiger partial charge on any atom is -0.481 e. The number of aromatic nitrogens is 3. The Morgan fingerprint density at radius 1 is 1.37 bits per heavy atom. The molecule has 0 aliphatic heterocycles. The Kier molecular flexibility index (Phi) is 4.81. The van der Waals surface area contributed by atoms with Crippen molar-refractivity contribution in [1.82, 2.24) is 14.8 Å². The van der Waals surface area contributed by atoms with Crippen LogP contribution < -0.4 is 0 Å². The summed E-state index contributed by atoms with van der Waals surface area (Å²) >= 11 is 3.43. The van der Waals surface area contributed by atoms with Gasteiger partial charge in [0.1, 0.15) is 0 Å². The summed E-state index contributed by atoms with van der Waals surface area (Å²) in [6.07, 6.45) is 0. The highest BCUT2D eigenvalue weighted by Crippen LogP contribution is 2.24. The number of nitrogens with zero attached hydrogens (tertiary/aromatic N) is 3. The standard InChI is InChI=1S/C12H12IN3O2S/c1-2-16-11(8-3-5-9(13)6-4-8)14-15-12(16)19-7-10(17)18/h3-6H,2,7H2,1H3,(H,17,18). The first-order valence-corrected chi connectivity index (χ1v) is 7.72. The van der Waals surface area contributed by atoms with Gasteiger partial charge in [0.05, 0.1) is 5.75 Å². The van der Waals surface area contributed by atoms with E-state index in [1.807, 2.05) is 35.8 Å². The molecular formula is C12H12IN3O2S. The fourth-order valence-corrected chi connectivity index (χ4v) is 2.70. The minimum atomic E-state index is -0.855. The summed E-state index contributed by atoms with van der Waals surface area (Å²) < 4.78 is 3.08. The molecule has 1 N–H and O–H groups in total. The Bertz CT molecular complexity index is 583. The fraction of sp³-hybridized carbons (Fsp3) is 0.250. The molecule has 5 nitrogen and oxygen atoms in total. The van der Waals surface area contributed by atoms with Crippen molar-refractivity contribution < 1.29 is 9.90 Å². The number of hydrogen-bond donors (Lipinski definition) is 1. The molecule has 0 saturated heterocycles. The number of carbonyl (C=O) groups is 1. The molecule has 100 valence electrons. The highest BCUT2D eigenvalue weighted by molar-refractivity contribution is 14.1. The van der Waals surface area contributed by atoms with E-state index in [0.717, 1.165) is 15.0 Å². The first-order valence-electron chi connectivity index (χ1n) is 5.65. The summed E-state index contributed by atoms with van der Waals surface area (Å²) in [6, 6.07) is 8.00. The molecule has 7 heteroatoms. The summed E-state index contributed by atoms with van der Waals surface area (Å²) in [6.45, 7) is 2.70. The second-order valence-corrected chi connectivity index (χ2v) is 5.93. The van der Waals surface area contributed by atoms with Crippen LogP contribution in [0.25, 0.3) is 11.4 Å². The number of carboxylic acid groups (broad SMARTS) is 1. The summed E-state index contributed by atoms with van der Waals surface area (Å²) in [4.78, 5) is 10.6. The topological polar surface area (TPSA) is 68.0 Å². The molecule has 2 rings (SSSR count). The molecule has 0 saturated carbocycles. The smallest absolute Gasteiger partial charge is 0.313 e. The van der Waals surface area contributed by atoms with Gasteiger partial charge in [-0.25, -0.2) is 0 Å². The Balaban J connectivity index is 2.31. The predicted molar refractivity (Wildman–Crippen MR) is 82.2 cm³/mol. The first kappa shape index (κ1) is 14.3. The molecule has 1 aromatic carbocycles. The van der Waals surface area contributed by atoms with Crippen LogP contribution in [-0.2, 0) is 11.3 Å². The van der Waals surface area contributed by atoms with Gasteiger partial charge in [-0.05, 0) is 41.6 Å². The van der Waals surface area contributed by atoms with Gasteiger partial charge in [0.15, 0.2) is 11.0 Å². The second kappa shape index (κ2) is 6.38. The normalized spacial score (nSPS) is 10.6. The maximum atomic E-state index is 10.6. The zero-order valence-electron chi connectivity index (χ0n) is 10.2. The van der Waals surface area contributed by atoms with Gasteiger partial charge < -0.3 is 9.67 Å². The van der Waals surface area contributed by atoms with Crippen molar-refractivity contribution in [2.24, 2.45) is 0 Å². The highest BCUT2D eigenvalue weighted by atomic mass is 127. The maximum Gasteiger partial charge on any atom is 0.313 e. The molecule has 19 heavy (non-hydrogen) atoms. The number of thioether (sulfide) groups is 1. The van der Waals surface area contributed by atoms with Crippen molar-refractivity contribution in [2.45, 2.75) is 18.6 Å². The molecule has 0 radical (unpaired) electrons. The third-order valence-electron chi connectivity index (χ3n) is 2.46. The second-order valence-electron chi connectivity index (χ2n) is 3.74.